The van der Waals surface area contributed by atoms with Crippen LogP contribution < -0.4 is 9.47 Å². The molecule has 0 N–H and O–H groups in total. The lowest BCUT2D eigenvalue weighted by Gasteiger charge is -2.38. The van der Waals surface area contributed by atoms with E-state index >= 15 is 0 Å². The molecule has 2 atom stereocenters. The number of hydrogen-bond acceptors (Lipinski definition) is 6. The number of carbonyl (C=O) groups excluding carboxylic acids is 1. The standard InChI is InChI=1S/C25H21BrN2O4/c1-30-19-5-3-4-17(12-19)21-14-22-20-13-18(26)10-11-23(20)32-24(28(22)27-21)15-6-8-16(9-7-15)25(29)31-2/h3-13,22,24H,14H2,1-2H3. The van der Waals surface area contributed by atoms with E-state index in [9.17, 15) is 4.79 Å². The zero-order chi connectivity index (χ0) is 22.2. The number of nitrogens with zero attached hydrogens (tertiary/aromatic N) is 2. The Labute approximate surface area is 194 Å². The minimum Gasteiger partial charge on any atom is -0.497 e. The summed E-state index contributed by atoms with van der Waals surface area (Å²) in [6, 6.07) is 21.3. The number of carbonyl (C=O) groups is 1. The van der Waals surface area contributed by atoms with Crippen LogP contribution in [0.15, 0.2) is 76.3 Å². The van der Waals surface area contributed by atoms with Crippen LogP contribution in [0.5, 0.6) is 11.5 Å². The molecule has 7 heteroatoms. The summed E-state index contributed by atoms with van der Waals surface area (Å²) in [5, 5.41) is 6.99. The number of hydrogen-bond donors (Lipinski definition) is 0. The number of esters is 1. The van der Waals surface area contributed by atoms with E-state index in [0.717, 1.165) is 44.8 Å². The SMILES string of the molecule is COC(=O)c1ccc(C2Oc3ccc(Br)cc3C3CC(c4cccc(OC)c4)=NN32)cc1. The molecule has 2 aliphatic rings. The highest BCUT2D eigenvalue weighted by Gasteiger charge is 2.41. The average Bonchev–Trinajstić information content (AvgIpc) is 3.29. The molecule has 2 aliphatic heterocycles. The van der Waals surface area contributed by atoms with Crippen LogP contribution in [0, 0.1) is 0 Å². The lowest BCUT2D eigenvalue weighted by Crippen LogP contribution is -2.33. The van der Waals surface area contributed by atoms with Crippen molar-refractivity contribution in [2.45, 2.75) is 18.7 Å². The van der Waals surface area contributed by atoms with Crippen molar-refractivity contribution in [3.8, 4) is 11.5 Å². The first-order valence-corrected chi connectivity index (χ1v) is 11.0. The summed E-state index contributed by atoms with van der Waals surface area (Å²) < 4.78 is 17.6. The third-order valence-corrected chi connectivity index (χ3v) is 6.27. The number of fused-ring (bicyclic) bond motifs is 3. The number of benzene rings is 3. The van der Waals surface area contributed by atoms with Gasteiger partial charge in [-0.2, -0.15) is 5.10 Å². The molecule has 2 unspecified atom stereocenters. The highest BCUT2D eigenvalue weighted by atomic mass is 79.9. The van der Waals surface area contributed by atoms with Gasteiger partial charge >= 0.3 is 5.97 Å². The van der Waals surface area contributed by atoms with Crippen molar-refractivity contribution in [3.63, 3.8) is 0 Å². The maximum Gasteiger partial charge on any atom is 0.337 e. The van der Waals surface area contributed by atoms with Crippen LogP contribution in [-0.2, 0) is 4.74 Å². The van der Waals surface area contributed by atoms with Gasteiger partial charge in [-0.25, -0.2) is 9.80 Å². The van der Waals surface area contributed by atoms with Gasteiger partial charge in [0.1, 0.15) is 11.5 Å². The quantitative estimate of drug-likeness (QED) is 0.450. The molecule has 3 aromatic carbocycles. The first kappa shape index (κ1) is 20.6. The number of ether oxygens (including phenoxy) is 3. The third kappa shape index (κ3) is 3.62. The minimum absolute atomic E-state index is 0.0303. The molecule has 0 saturated heterocycles. The van der Waals surface area contributed by atoms with Crippen LogP contribution in [0.25, 0.3) is 0 Å². The lowest BCUT2D eigenvalue weighted by molar-refractivity contribution is -0.0191. The molecule has 5 rings (SSSR count). The normalized spacial score (nSPS) is 18.8. The van der Waals surface area contributed by atoms with Gasteiger partial charge in [-0.1, -0.05) is 40.2 Å². The topological polar surface area (TPSA) is 60.4 Å². The predicted molar refractivity (Wildman–Crippen MR) is 124 cm³/mol. The summed E-state index contributed by atoms with van der Waals surface area (Å²) in [4.78, 5) is 11.8. The molecule has 0 spiro atoms. The molecule has 0 bridgehead atoms. The van der Waals surface area contributed by atoms with Crippen molar-refractivity contribution < 1.29 is 19.0 Å². The third-order valence-electron chi connectivity index (χ3n) is 5.77. The number of halogens is 1. The zero-order valence-electron chi connectivity index (χ0n) is 17.6. The van der Waals surface area contributed by atoms with Crippen molar-refractivity contribution in [2.75, 3.05) is 14.2 Å². The van der Waals surface area contributed by atoms with E-state index in [1.807, 2.05) is 53.5 Å². The van der Waals surface area contributed by atoms with Crippen molar-refractivity contribution in [2.24, 2.45) is 5.10 Å². The number of rotatable bonds is 4. The second kappa shape index (κ2) is 8.31. The van der Waals surface area contributed by atoms with Gasteiger partial charge in [0.25, 0.3) is 0 Å². The Bertz CT molecular complexity index is 1210. The molecule has 0 radical (unpaired) electrons. The van der Waals surface area contributed by atoms with Gasteiger partial charge in [-0.15, -0.1) is 0 Å². The fourth-order valence-corrected chi connectivity index (χ4v) is 4.54. The van der Waals surface area contributed by atoms with E-state index in [-0.39, 0.29) is 12.0 Å². The smallest absolute Gasteiger partial charge is 0.337 e. The monoisotopic (exact) mass is 492 g/mol. The number of methoxy groups -OCH3 is 2. The van der Waals surface area contributed by atoms with Crippen molar-refractivity contribution in [3.05, 3.63) is 93.5 Å². The fraction of sp³-hybridized carbons (Fsp3) is 0.200. The summed E-state index contributed by atoms with van der Waals surface area (Å²) in [5.41, 5.74) is 4.49. The van der Waals surface area contributed by atoms with E-state index in [4.69, 9.17) is 19.3 Å². The second-order valence-corrected chi connectivity index (χ2v) is 8.56. The molecule has 2 heterocycles. The molecule has 0 fully saturated rings. The van der Waals surface area contributed by atoms with Crippen LogP contribution in [0.2, 0.25) is 0 Å². The lowest BCUT2D eigenvalue weighted by atomic mass is 9.95. The molecular formula is C25H21BrN2O4. The molecule has 0 saturated carbocycles. The van der Waals surface area contributed by atoms with Crippen LogP contribution >= 0.6 is 15.9 Å². The van der Waals surface area contributed by atoms with Gasteiger partial charge in [0.2, 0.25) is 6.23 Å². The average molecular weight is 493 g/mol. The molecule has 32 heavy (non-hydrogen) atoms. The van der Waals surface area contributed by atoms with E-state index < -0.39 is 6.23 Å². The Morgan fingerprint density at radius 1 is 1.09 bits per heavy atom. The highest BCUT2D eigenvalue weighted by Crippen LogP contribution is 2.48. The van der Waals surface area contributed by atoms with Gasteiger partial charge in [0, 0.05) is 27.6 Å². The Hall–Kier alpha value is -3.32. The highest BCUT2D eigenvalue weighted by molar-refractivity contribution is 9.10. The summed E-state index contributed by atoms with van der Waals surface area (Å²) in [6.07, 6.45) is 0.333. The fourth-order valence-electron chi connectivity index (χ4n) is 4.16. The van der Waals surface area contributed by atoms with Crippen LogP contribution in [0.4, 0.5) is 0 Å². The minimum atomic E-state index is -0.413. The van der Waals surface area contributed by atoms with Gasteiger partial charge in [0.05, 0.1) is 31.5 Å². The summed E-state index contributed by atoms with van der Waals surface area (Å²) in [5.74, 6) is 1.26. The zero-order valence-corrected chi connectivity index (χ0v) is 19.2. The maximum absolute atomic E-state index is 11.8. The number of hydrazone groups is 1. The van der Waals surface area contributed by atoms with Gasteiger partial charge < -0.3 is 14.2 Å². The largest absolute Gasteiger partial charge is 0.497 e. The molecule has 0 aliphatic carbocycles. The molecular weight excluding hydrogens is 472 g/mol. The maximum atomic E-state index is 11.8. The van der Waals surface area contributed by atoms with E-state index in [1.54, 1.807) is 19.2 Å². The summed E-state index contributed by atoms with van der Waals surface area (Å²) in [6.45, 7) is 0. The van der Waals surface area contributed by atoms with Crippen molar-refractivity contribution in [1.82, 2.24) is 5.01 Å². The molecule has 6 nitrogen and oxygen atoms in total. The van der Waals surface area contributed by atoms with Crippen molar-refractivity contribution >= 4 is 27.6 Å². The van der Waals surface area contributed by atoms with E-state index in [0.29, 0.717) is 5.56 Å². The first-order valence-electron chi connectivity index (χ1n) is 10.2. The van der Waals surface area contributed by atoms with Gasteiger partial charge in [0.15, 0.2) is 0 Å². The Morgan fingerprint density at radius 3 is 2.66 bits per heavy atom. The Kier molecular flexibility index (Phi) is 5.35. The first-order chi connectivity index (χ1) is 15.6. The Balaban J connectivity index is 1.56. The summed E-state index contributed by atoms with van der Waals surface area (Å²) in [7, 11) is 3.04. The van der Waals surface area contributed by atoms with E-state index in [1.165, 1.54) is 7.11 Å². The second-order valence-electron chi connectivity index (χ2n) is 7.64. The van der Waals surface area contributed by atoms with E-state index in [2.05, 4.69) is 22.0 Å². The summed E-state index contributed by atoms with van der Waals surface area (Å²) >= 11 is 3.58. The Morgan fingerprint density at radius 2 is 1.91 bits per heavy atom. The van der Waals surface area contributed by atoms with Crippen LogP contribution in [0.3, 0.4) is 0 Å². The van der Waals surface area contributed by atoms with Crippen LogP contribution in [-0.4, -0.2) is 30.9 Å². The van der Waals surface area contributed by atoms with Crippen LogP contribution in [0.1, 0.15) is 45.7 Å². The molecule has 0 aromatic heterocycles. The predicted octanol–water partition coefficient (Wildman–Crippen LogP) is 5.49. The van der Waals surface area contributed by atoms with Gasteiger partial charge in [-0.3, -0.25) is 0 Å². The van der Waals surface area contributed by atoms with Crippen molar-refractivity contribution in [1.29, 1.82) is 0 Å². The van der Waals surface area contributed by atoms with Gasteiger partial charge in [-0.05, 0) is 42.5 Å². The molecule has 162 valence electrons. The molecule has 0 amide bonds. The molecule has 3 aromatic rings.